The minimum Gasteiger partial charge on any atom is -0.278 e. The van der Waals surface area contributed by atoms with Crippen molar-refractivity contribution in [1.82, 2.24) is 10.2 Å². The van der Waals surface area contributed by atoms with Gasteiger partial charge in [0.05, 0.1) is 17.6 Å². The van der Waals surface area contributed by atoms with E-state index in [2.05, 4.69) is 10.2 Å². The second kappa shape index (κ2) is 4.85. The molecular weight excluding hydrogens is 262 g/mol. The van der Waals surface area contributed by atoms with E-state index < -0.39 is 16.0 Å². The Balaban J connectivity index is 2.25. The van der Waals surface area contributed by atoms with Crippen molar-refractivity contribution in [1.29, 1.82) is 0 Å². The van der Waals surface area contributed by atoms with E-state index in [4.69, 9.17) is 0 Å². The van der Waals surface area contributed by atoms with Crippen molar-refractivity contribution in [2.24, 2.45) is 0 Å². The largest absolute Gasteiger partial charge is 0.302 e. The number of nitrogens with zero attached hydrogens (tertiary/aromatic N) is 1. The number of aromatic nitrogens is 2. The van der Waals surface area contributed by atoms with Crippen LogP contribution in [0, 0.1) is 5.82 Å². The van der Waals surface area contributed by atoms with Crippen LogP contribution in [0.2, 0.25) is 0 Å². The Morgan fingerprint density at radius 1 is 1.22 bits per heavy atom. The predicted molar refractivity (Wildman–Crippen MR) is 62.6 cm³/mol. The van der Waals surface area contributed by atoms with Gasteiger partial charge in [-0.05, 0) is 36.2 Å². The molecule has 0 bridgehead atoms. The zero-order valence-electron chi connectivity index (χ0n) is 9.23. The Labute approximate surface area is 103 Å². The Kier molecular flexibility index (Phi) is 3.42. The summed E-state index contributed by atoms with van der Waals surface area (Å²) in [5.41, 5.74) is 1.81. The summed E-state index contributed by atoms with van der Waals surface area (Å²) in [6.45, 7) is 0. The molecule has 96 valence electrons. The Morgan fingerprint density at radius 3 is 2.50 bits per heavy atom. The van der Waals surface area contributed by atoms with Crippen molar-refractivity contribution >= 4 is 10.2 Å². The molecule has 1 aromatic carbocycles. The predicted octanol–water partition coefficient (Wildman–Crippen LogP) is 2.06. The first-order valence-electron chi connectivity index (χ1n) is 5.16. The topological polar surface area (TPSA) is 62.8 Å². The van der Waals surface area contributed by atoms with Gasteiger partial charge in [-0.2, -0.15) is 13.5 Å². The molecule has 0 saturated carbocycles. The van der Waals surface area contributed by atoms with Gasteiger partial charge >= 0.3 is 10.2 Å². The normalized spacial score (nSPS) is 11.7. The van der Waals surface area contributed by atoms with Crippen LogP contribution in [0.4, 0.5) is 8.28 Å². The van der Waals surface area contributed by atoms with E-state index in [9.17, 15) is 16.7 Å². The molecule has 0 atom stereocenters. The highest BCUT2D eigenvalue weighted by Crippen LogP contribution is 2.22. The van der Waals surface area contributed by atoms with Crippen LogP contribution in [0.3, 0.4) is 0 Å². The molecule has 18 heavy (non-hydrogen) atoms. The van der Waals surface area contributed by atoms with Gasteiger partial charge in [0, 0.05) is 5.56 Å². The van der Waals surface area contributed by atoms with E-state index in [0.717, 1.165) is 0 Å². The summed E-state index contributed by atoms with van der Waals surface area (Å²) >= 11 is 0. The maximum absolute atomic E-state index is 12.8. The number of aromatic amines is 1. The lowest BCUT2D eigenvalue weighted by Gasteiger charge is -2.02. The molecule has 1 heterocycles. The summed E-state index contributed by atoms with van der Waals surface area (Å²) in [5.74, 6) is -0.966. The highest BCUT2D eigenvalue weighted by molar-refractivity contribution is 7.86. The third-order valence-electron chi connectivity index (χ3n) is 2.47. The smallest absolute Gasteiger partial charge is 0.278 e. The lowest BCUT2D eigenvalue weighted by atomic mass is 10.1. The van der Waals surface area contributed by atoms with E-state index >= 15 is 0 Å². The number of benzene rings is 1. The molecule has 0 radical (unpaired) electrons. The second-order valence-electron chi connectivity index (χ2n) is 3.77. The van der Waals surface area contributed by atoms with Crippen molar-refractivity contribution in [3.8, 4) is 11.3 Å². The van der Waals surface area contributed by atoms with Crippen molar-refractivity contribution in [2.45, 2.75) is 6.42 Å². The molecule has 0 saturated heterocycles. The van der Waals surface area contributed by atoms with Gasteiger partial charge in [0.2, 0.25) is 0 Å². The Hall–Kier alpha value is -1.76. The first-order chi connectivity index (χ1) is 8.46. The molecule has 0 aliphatic heterocycles. The fraction of sp³-hybridized carbons (Fsp3) is 0.182. The molecule has 0 amide bonds. The average Bonchev–Trinajstić information content (AvgIpc) is 2.75. The van der Waals surface area contributed by atoms with Gasteiger partial charge in [0.25, 0.3) is 0 Å². The van der Waals surface area contributed by atoms with Gasteiger partial charge in [-0.3, -0.25) is 5.10 Å². The van der Waals surface area contributed by atoms with Crippen molar-refractivity contribution in [2.75, 3.05) is 5.75 Å². The van der Waals surface area contributed by atoms with Crippen molar-refractivity contribution in [3.63, 3.8) is 0 Å². The SMILES string of the molecule is O=S(=O)(F)CCc1cn[nH]c1-c1ccc(F)cc1. The minimum absolute atomic E-state index is 0.0159. The number of rotatable bonds is 4. The Morgan fingerprint density at radius 2 is 1.89 bits per heavy atom. The van der Waals surface area contributed by atoms with E-state index in [1.165, 1.54) is 30.5 Å². The standard InChI is InChI=1S/C11H10F2N2O2S/c12-10-3-1-8(2-4-10)11-9(7-14-15-11)5-6-18(13,16)17/h1-4,7H,5-6H2,(H,14,15). The zero-order chi connectivity index (χ0) is 13.2. The molecule has 0 fully saturated rings. The first kappa shape index (κ1) is 12.7. The summed E-state index contributed by atoms with van der Waals surface area (Å²) in [6.07, 6.45) is 1.45. The fourth-order valence-corrected chi connectivity index (χ4v) is 2.06. The van der Waals surface area contributed by atoms with Crippen molar-refractivity contribution in [3.05, 3.63) is 41.8 Å². The molecule has 4 nitrogen and oxygen atoms in total. The molecule has 0 aliphatic rings. The summed E-state index contributed by atoms with van der Waals surface area (Å²) < 4.78 is 46.2. The molecule has 1 N–H and O–H groups in total. The van der Waals surface area contributed by atoms with Crippen LogP contribution in [0.1, 0.15) is 5.56 Å². The highest BCUT2D eigenvalue weighted by atomic mass is 32.3. The average molecular weight is 272 g/mol. The molecule has 0 aliphatic carbocycles. The van der Waals surface area contributed by atoms with Gasteiger partial charge in [-0.15, -0.1) is 3.89 Å². The van der Waals surface area contributed by atoms with Crippen LogP contribution < -0.4 is 0 Å². The van der Waals surface area contributed by atoms with E-state index in [1.807, 2.05) is 0 Å². The van der Waals surface area contributed by atoms with Crippen LogP contribution in [0.5, 0.6) is 0 Å². The highest BCUT2D eigenvalue weighted by Gasteiger charge is 2.12. The van der Waals surface area contributed by atoms with E-state index in [1.54, 1.807) is 0 Å². The number of H-pyrrole nitrogens is 1. The lowest BCUT2D eigenvalue weighted by molar-refractivity contribution is 0.551. The Bertz CT molecular complexity index is 635. The quantitative estimate of drug-likeness (QED) is 0.866. The van der Waals surface area contributed by atoms with Crippen LogP contribution in [0.25, 0.3) is 11.3 Å². The molecule has 2 rings (SSSR count). The van der Waals surface area contributed by atoms with Gasteiger partial charge in [-0.1, -0.05) is 0 Å². The van der Waals surface area contributed by atoms with Crippen molar-refractivity contribution < 1.29 is 16.7 Å². The van der Waals surface area contributed by atoms with Crippen LogP contribution in [0.15, 0.2) is 30.5 Å². The van der Waals surface area contributed by atoms with Gasteiger partial charge < -0.3 is 0 Å². The molecule has 7 heteroatoms. The summed E-state index contributed by atoms with van der Waals surface area (Å²) in [5, 5.41) is 6.47. The molecule has 0 spiro atoms. The van der Waals surface area contributed by atoms with Gasteiger partial charge in [0.15, 0.2) is 0 Å². The van der Waals surface area contributed by atoms with E-state index in [0.29, 0.717) is 16.8 Å². The van der Waals surface area contributed by atoms with Gasteiger partial charge in [-0.25, -0.2) is 4.39 Å². The van der Waals surface area contributed by atoms with Crippen LogP contribution in [-0.2, 0) is 16.6 Å². The number of nitrogens with one attached hydrogen (secondary N) is 1. The monoisotopic (exact) mass is 272 g/mol. The third-order valence-corrected chi connectivity index (χ3v) is 3.16. The van der Waals surface area contributed by atoms with Crippen LogP contribution >= 0.6 is 0 Å². The van der Waals surface area contributed by atoms with E-state index in [-0.39, 0.29) is 12.2 Å². The zero-order valence-corrected chi connectivity index (χ0v) is 10.0. The molecular formula is C11H10F2N2O2S. The number of hydrogen-bond donors (Lipinski definition) is 1. The second-order valence-corrected chi connectivity index (χ2v) is 5.26. The summed E-state index contributed by atoms with van der Waals surface area (Å²) in [4.78, 5) is 0. The maximum Gasteiger partial charge on any atom is 0.302 e. The summed E-state index contributed by atoms with van der Waals surface area (Å²) in [6, 6.07) is 5.64. The number of halogens is 2. The van der Waals surface area contributed by atoms with Gasteiger partial charge in [0.1, 0.15) is 5.82 Å². The fourth-order valence-electron chi connectivity index (χ4n) is 1.60. The summed E-state index contributed by atoms with van der Waals surface area (Å²) in [7, 11) is -4.51. The third kappa shape index (κ3) is 3.13. The number of aryl methyl sites for hydroxylation is 1. The molecule has 2 aromatic rings. The molecule has 1 aromatic heterocycles. The maximum atomic E-state index is 12.8. The number of hydrogen-bond acceptors (Lipinski definition) is 3. The molecule has 0 unspecified atom stereocenters. The first-order valence-corrected chi connectivity index (χ1v) is 6.71. The van der Waals surface area contributed by atoms with Crippen LogP contribution in [-0.4, -0.2) is 24.4 Å². The minimum atomic E-state index is -4.51. The lowest BCUT2D eigenvalue weighted by Crippen LogP contribution is -2.02.